The largest absolute Gasteiger partial charge is 0.322 e. The Morgan fingerprint density at radius 2 is 2.00 bits per heavy atom. The number of alkyl halides is 1. The van der Waals surface area contributed by atoms with Gasteiger partial charge in [0.2, 0.25) is 0 Å². The Morgan fingerprint density at radius 3 is 2.68 bits per heavy atom. The van der Waals surface area contributed by atoms with Gasteiger partial charge in [-0.2, -0.15) is 0 Å². The van der Waals surface area contributed by atoms with Gasteiger partial charge in [0, 0.05) is 21.6 Å². The summed E-state index contributed by atoms with van der Waals surface area (Å²) in [5, 5.41) is 3.31. The molecular formula is C14H10BrCl2NO. The third-order valence-corrected chi connectivity index (χ3v) is 4.06. The second-order valence-corrected chi connectivity index (χ2v) is 5.45. The van der Waals surface area contributed by atoms with Crippen LogP contribution in [0.4, 0.5) is 5.69 Å². The highest BCUT2D eigenvalue weighted by Crippen LogP contribution is 2.23. The number of rotatable bonds is 3. The van der Waals surface area contributed by atoms with E-state index in [0.29, 0.717) is 22.2 Å². The monoisotopic (exact) mass is 357 g/mol. The minimum absolute atomic E-state index is 0.207. The molecule has 2 aromatic carbocycles. The highest BCUT2D eigenvalue weighted by Gasteiger charge is 2.08. The van der Waals surface area contributed by atoms with Crippen LogP contribution >= 0.6 is 39.1 Å². The fraction of sp³-hybridized carbons (Fsp3) is 0.0714. The van der Waals surface area contributed by atoms with Crippen LogP contribution in [-0.2, 0) is 5.88 Å². The lowest BCUT2D eigenvalue weighted by Gasteiger charge is -2.07. The molecule has 2 nitrogen and oxygen atoms in total. The van der Waals surface area contributed by atoms with Crippen molar-refractivity contribution in [3.8, 4) is 0 Å². The average molecular weight is 359 g/mol. The molecule has 98 valence electrons. The van der Waals surface area contributed by atoms with Crippen LogP contribution in [0.2, 0.25) is 5.02 Å². The maximum Gasteiger partial charge on any atom is 0.255 e. The zero-order valence-corrected chi connectivity index (χ0v) is 12.9. The fourth-order valence-corrected chi connectivity index (χ4v) is 2.17. The van der Waals surface area contributed by atoms with E-state index in [1.165, 1.54) is 0 Å². The first-order valence-electron chi connectivity index (χ1n) is 5.51. The molecule has 0 aromatic heterocycles. The van der Waals surface area contributed by atoms with Gasteiger partial charge in [0.1, 0.15) is 0 Å². The Bertz CT molecular complexity index is 616. The summed E-state index contributed by atoms with van der Waals surface area (Å²) < 4.78 is 0.759. The molecule has 0 heterocycles. The molecule has 0 saturated heterocycles. The highest BCUT2D eigenvalue weighted by molar-refractivity contribution is 9.10. The number of amides is 1. The Kier molecular flexibility index (Phi) is 4.86. The van der Waals surface area contributed by atoms with Gasteiger partial charge in [-0.05, 0) is 51.8 Å². The van der Waals surface area contributed by atoms with Crippen molar-refractivity contribution in [2.75, 3.05) is 5.32 Å². The summed E-state index contributed by atoms with van der Waals surface area (Å²) in [7, 11) is 0. The van der Waals surface area contributed by atoms with Crippen LogP contribution in [0.3, 0.4) is 0 Å². The van der Waals surface area contributed by atoms with Crippen LogP contribution in [0.5, 0.6) is 0 Å². The number of halogens is 3. The van der Waals surface area contributed by atoms with Gasteiger partial charge in [-0.1, -0.05) is 23.7 Å². The number of nitrogens with one attached hydrogen (secondary N) is 1. The molecule has 1 amide bonds. The third-order valence-electron chi connectivity index (χ3n) is 2.52. The van der Waals surface area contributed by atoms with Crippen molar-refractivity contribution in [3.63, 3.8) is 0 Å². The lowest BCUT2D eigenvalue weighted by atomic mass is 10.2. The maximum atomic E-state index is 12.1. The van der Waals surface area contributed by atoms with Crippen LogP contribution in [-0.4, -0.2) is 5.91 Å². The van der Waals surface area contributed by atoms with Gasteiger partial charge >= 0.3 is 0 Å². The van der Waals surface area contributed by atoms with Crippen molar-refractivity contribution >= 4 is 50.7 Å². The lowest BCUT2D eigenvalue weighted by molar-refractivity contribution is 0.102. The first-order valence-corrected chi connectivity index (χ1v) is 7.22. The van der Waals surface area contributed by atoms with E-state index >= 15 is 0 Å². The molecule has 2 rings (SSSR count). The molecule has 5 heteroatoms. The molecule has 1 N–H and O–H groups in total. The molecular weight excluding hydrogens is 349 g/mol. The zero-order valence-electron chi connectivity index (χ0n) is 9.79. The standard InChI is InChI=1S/C14H10BrCl2NO/c15-12-5-4-10(7-13(12)17)14(19)18-11-3-1-2-9(6-11)8-16/h1-7H,8H2,(H,18,19). The molecule has 0 aliphatic rings. The van der Waals surface area contributed by atoms with E-state index in [2.05, 4.69) is 21.2 Å². The minimum atomic E-state index is -0.207. The Morgan fingerprint density at radius 1 is 1.21 bits per heavy atom. The first kappa shape index (κ1) is 14.4. The molecule has 0 aliphatic heterocycles. The number of anilines is 1. The third kappa shape index (κ3) is 3.72. The summed E-state index contributed by atoms with van der Waals surface area (Å²) in [5.74, 6) is 0.203. The van der Waals surface area contributed by atoms with Crippen LogP contribution in [0, 0.1) is 0 Å². The van der Waals surface area contributed by atoms with Crippen molar-refractivity contribution in [1.82, 2.24) is 0 Å². The van der Waals surface area contributed by atoms with E-state index in [1.54, 1.807) is 18.2 Å². The molecule has 0 fully saturated rings. The average Bonchev–Trinajstić information content (AvgIpc) is 2.42. The summed E-state index contributed by atoms with van der Waals surface area (Å²) >= 11 is 15.0. The molecule has 0 radical (unpaired) electrons. The predicted molar refractivity (Wildman–Crippen MR) is 83.1 cm³/mol. The quantitative estimate of drug-likeness (QED) is 0.760. The van der Waals surface area contributed by atoms with E-state index in [-0.39, 0.29) is 5.91 Å². The SMILES string of the molecule is O=C(Nc1cccc(CCl)c1)c1ccc(Br)c(Cl)c1. The lowest BCUT2D eigenvalue weighted by Crippen LogP contribution is -2.11. The maximum absolute atomic E-state index is 12.1. The Labute approximate surface area is 129 Å². The molecule has 0 saturated carbocycles. The summed E-state index contributed by atoms with van der Waals surface area (Å²) in [4.78, 5) is 12.1. The van der Waals surface area contributed by atoms with Gasteiger partial charge in [0.05, 0.1) is 5.02 Å². The van der Waals surface area contributed by atoms with Crippen molar-refractivity contribution in [1.29, 1.82) is 0 Å². The second-order valence-electron chi connectivity index (χ2n) is 3.92. The number of hydrogen-bond donors (Lipinski definition) is 1. The van der Waals surface area contributed by atoms with Crippen LogP contribution in [0.1, 0.15) is 15.9 Å². The number of carbonyl (C=O) groups is 1. The number of benzene rings is 2. The van der Waals surface area contributed by atoms with Crippen LogP contribution < -0.4 is 5.32 Å². The van der Waals surface area contributed by atoms with E-state index in [1.807, 2.05) is 24.3 Å². The van der Waals surface area contributed by atoms with Crippen molar-refractivity contribution in [2.45, 2.75) is 5.88 Å². The van der Waals surface area contributed by atoms with E-state index in [9.17, 15) is 4.79 Å². The fourth-order valence-electron chi connectivity index (χ4n) is 1.57. The van der Waals surface area contributed by atoms with Crippen LogP contribution in [0.15, 0.2) is 46.9 Å². The normalized spacial score (nSPS) is 10.3. The van der Waals surface area contributed by atoms with Crippen molar-refractivity contribution < 1.29 is 4.79 Å². The van der Waals surface area contributed by atoms with Gasteiger partial charge in [0.25, 0.3) is 5.91 Å². The Balaban J connectivity index is 2.18. The predicted octanol–water partition coefficient (Wildman–Crippen LogP) is 5.09. The van der Waals surface area contributed by atoms with Gasteiger partial charge in [-0.25, -0.2) is 0 Å². The van der Waals surface area contributed by atoms with Crippen LogP contribution in [0.25, 0.3) is 0 Å². The van der Waals surface area contributed by atoms with Gasteiger partial charge in [-0.3, -0.25) is 4.79 Å². The minimum Gasteiger partial charge on any atom is -0.322 e. The summed E-state index contributed by atoms with van der Waals surface area (Å²) in [5.41, 5.74) is 2.17. The summed E-state index contributed by atoms with van der Waals surface area (Å²) in [6, 6.07) is 12.5. The molecule has 0 bridgehead atoms. The first-order chi connectivity index (χ1) is 9.10. The Hall–Kier alpha value is -1.03. The smallest absolute Gasteiger partial charge is 0.255 e. The van der Waals surface area contributed by atoms with Crippen molar-refractivity contribution in [2.24, 2.45) is 0 Å². The van der Waals surface area contributed by atoms with E-state index in [4.69, 9.17) is 23.2 Å². The second kappa shape index (κ2) is 6.42. The number of hydrogen-bond acceptors (Lipinski definition) is 1. The molecule has 0 unspecified atom stereocenters. The summed E-state index contributed by atoms with van der Waals surface area (Å²) in [6.45, 7) is 0. The summed E-state index contributed by atoms with van der Waals surface area (Å²) in [6.07, 6.45) is 0. The van der Waals surface area contributed by atoms with Gasteiger partial charge in [0.15, 0.2) is 0 Å². The van der Waals surface area contributed by atoms with Gasteiger partial charge < -0.3 is 5.32 Å². The highest BCUT2D eigenvalue weighted by atomic mass is 79.9. The van der Waals surface area contributed by atoms with Gasteiger partial charge in [-0.15, -0.1) is 11.6 Å². The molecule has 2 aromatic rings. The van der Waals surface area contributed by atoms with Crippen molar-refractivity contribution in [3.05, 3.63) is 63.1 Å². The molecule has 0 spiro atoms. The molecule has 0 aliphatic carbocycles. The topological polar surface area (TPSA) is 29.1 Å². The van der Waals surface area contributed by atoms with E-state index in [0.717, 1.165) is 10.0 Å². The molecule has 0 atom stereocenters. The zero-order chi connectivity index (χ0) is 13.8. The number of carbonyl (C=O) groups excluding carboxylic acids is 1. The molecule has 19 heavy (non-hydrogen) atoms. The van der Waals surface area contributed by atoms with E-state index < -0.39 is 0 Å².